The number of nitrogens with one attached hydrogen (secondary N) is 2. The van der Waals surface area contributed by atoms with Crippen LogP contribution in [0.3, 0.4) is 0 Å². The van der Waals surface area contributed by atoms with Gasteiger partial charge >= 0.3 is 0 Å². The lowest BCUT2D eigenvalue weighted by Gasteiger charge is -2.18. The third-order valence-electron chi connectivity index (χ3n) is 4.65. The lowest BCUT2D eigenvalue weighted by molar-refractivity contribution is 0.0930. The molecule has 2 N–H and O–H groups in total. The van der Waals surface area contributed by atoms with E-state index in [4.69, 9.17) is 0 Å². The smallest absolute Gasteiger partial charge is 0.252 e. The van der Waals surface area contributed by atoms with Gasteiger partial charge in [0.15, 0.2) is 0 Å². The molecule has 1 fully saturated rings. The Bertz CT molecular complexity index is 1040. The van der Waals surface area contributed by atoms with Crippen LogP contribution in [0.4, 0.5) is 4.39 Å². The van der Waals surface area contributed by atoms with Gasteiger partial charge in [0, 0.05) is 23.5 Å². The van der Waals surface area contributed by atoms with Crippen LogP contribution in [-0.4, -0.2) is 25.7 Å². The molecule has 0 spiro atoms. The second kappa shape index (κ2) is 6.36. The molecule has 0 aliphatic heterocycles. The first-order valence-electron chi connectivity index (χ1n) is 8.58. The molecule has 1 saturated carbocycles. The average Bonchev–Trinajstić information content (AvgIpc) is 3.36. The van der Waals surface area contributed by atoms with Gasteiger partial charge in [-0.15, -0.1) is 0 Å². The maximum atomic E-state index is 13.7. The fraction of sp³-hybridized carbons (Fsp3) is 0.333. The summed E-state index contributed by atoms with van der Waals surface area (Å²) in [4.78, 5) is 31.7. The Labute approximate surface area is 148 Å². The number of aromatic amines is 1. The van der Waals surface area contributed by atoms with Gasteiger partial charge in [0.25, 0.3) is 5.91 Å². The van der Waals surface area contributed by atoms with E-state index in [0.29, 0.717) is 29.2 Å². The summed E-state index contributed by atoms with van der Waals surface area (Å²) in [5, 5.41) is 7.51. The summed E-state index contributed by atoms with van der Waals surface area (Å²) in [5.74, 6) is 0.0967. The van der Waals surface area contributed by atoms with Gasteiger partial charge in [-0.2, -0.15) is 5.10 Å². The minimum Gasteiger partial charge on any atom is -0.342 e. The molecule has 8 heteroatoms. The monoisotopic (exact) mass is 355 g/mol. The van der Waals surface area contributed by atoms with Crippen LogP contribution in [-0.2, 0) is 6.54 Å². The average molecular weight is 355 g/mol. The van der Waals surface area contributed by atoms with Crippen molar-refractivity contribution in [2.75, 3.05) is 0 Å². The van der Waals surface area contributed by atoms with E-state index in [1.54, 1.807) is 4.68 Å². The summed E-state index contributed by atoms with van der Waals surface area (Å²) in [6, 6.07) is 4.87. The molecule has 0 bridgehead atoms. The topological polar surface area (TPSA) is 92.7 Å². The quantitative estimate of drug-likeness (QED) is 0.733. The summed E-state index contributed by atoms with van der Waals surface area (Å²) in [7, 11) is 0. The first kappa shape index (κ1) is 16.4. The highest BCUT2D eigenvalue weighted by Gasteiger charge is 2.36. The molecule has 0 radical (unpaired) electrons. The first-order valence-corrected chi connectivity index (χ1v) is 8.58. The normalized spacial score (nSPS) is 15.2. The van der Waals surface area contributed by atoms with Crippen LogP contribution in [0.1, 0.15) is 42.0 Å². The largest absolute Gasteiger partial charge is 0.342 e. The number of carbonyl (C=O) groups is 1. The van der Waals surface area contributed by atoms with Crippen molar-refractivity contribution in [3.05, 3.63) is 58.2 Å². The number of benzene rings is 1. The third-order valence-corrected chi connectivity index (χ3v) is 4.65. The summed E-state index contributed by atoms with van der Waals surface area (Å²) >= 11 is 0. The molecule has 1 aliphatic carbocycles. The Morgan fingerprint density at radius 2 is 2.23 bits per heavy atom. The van der Waals surface area contributed by atoms with Crippen LogP contribution in [0.15, 0.2) is 35.4 Å². The fourth-order valence-corrected chi connectivity index (χ4v) is 3.21. The van der Waals surface area contributed by atoms with Crippen molar-refractivity contribution in [2.24, 2.45) is 5.92 Å². The first-order chi connectivity index (χ1) is 12.6. The number of pyridine rings is 1. The molecular weight excluding hydrogens is 337 g/mol. The van der Waals surface area contributed by atoms with Gasteiger partial charge in [-0.05, 0) is 43.9 Å². The predicted molar refractivity (Wildman–Crippen MR) is 93.2 cm³/mol. The molecule has 134 valence electrons. The molecule has 2 heterocycles. The van der Waals surface area contributed by atoms with E-state index in [1.807, 2.05) is 6.92 Å². The molecule has 3 aromatic rings. The van der Waals surface area contributed by atoms with Gasteiger partial charge in [-0.25, -0.2) is 14.1 Å². The fourth-order valence-electron chi connectivity index (χ4n) is 3.21. The van der Waals surface area contributed by atoms with Crippen molar-refractivity contribution in [1.29, 1.82) is 0 Å². The zero-order valence-electron chi connectivity index (χ0n) is 14.2. The Hall–Kier alpha value is -3.03. The molecule has 0 saturated heterocycles. The Morgan fingerprint density at radius 3 is 2.96 bits per heavy atom. The molecular formula is C18H18FN5O2. The van der Waals surface area contributed by atoms with Gasteiger partial charge in [-0.3, -0.25) is 9.59 Å². The van der Waals surface area contributed by atoms with Crippen LogP contribution in [0.5, 0.6) is 0 Å². The van der Waals surface area contributed by atoms with Crippen molar-refractivity contribution in [3.63, 3.8) is 0 Å². The zero-order valence-corrected chi connectivity index (χ0v) is 14.2. The molecule has 7 nitrogen and oxygen atoms in total. The summed E-state index contributed by atoms with van der Waals surface area (Å²) in [5.41, 5.74) is 0.161. The SMILES string of the molecule is CCn1ncnc1[C@H](NC(=O)c1cc(=O)[nH]c2ccc(F)cc12)C1CC1. The van der Waals surface area contributed by atoms with E-state index in [0.717, 1.165) is 12.8 Å². The number of H-pyrrole nitrogens is 1. The number of carbonyl (C=O) groups excluding carboxylic acids is 1. The number of rotatable bonds is 5. The van der Waals surface area contributed by atoms with Gasteiger partial charge in [-0.1, -0.05) is 0 Å². The number of amides is 1. The Kier molecular flexibility index (Phi) is 4.02. The molecule has 1 aromatic carbocycles. The maximum absolute atomic E-state index is 13.7. The number of fused-ring (bicyclic) bond motifs is 1. The zero-order chi connectivity index (χ0) is 18.3. The number of aromatic nitrogens is 4. The van der Waals surface area contributed by atoms with E-state index in [-0.39, 0.29) is 11.6 Å². The molecule has 1 amide bonds. The van der Waals surface area contributed by atoms with Crippen molar-refractivity contribution in [2.45, 2.75) is 32.4 Å². The molecule has 0 unspecified atom stereocenters. The van der Waals surface area contributed by atoms with Crippen molar-refractivity contribution < 1.29 is 9.18 Å². The summed E-state index contributed by atoms with van der Waals surface area (Å²) in [6.45, 7) is 2.60. The number of hydrogen-bond acceptors (Lipinski definition) is 4. The van der Waals surface area contributed by atoms with Crippen LogP contribution >= 0.6 is 0 Å². The lowest BCUT2D eigenvalue weighted by Crippen LogP contribution is -2.33. The van der Waals surface area contributed by atoms with Gasteiger partial charge < -0.3 is 10.3 Å². The molecule has 2 aromatic heterocycles. The second-order valence-corrected chi connectivity index (χ2v) is 6.46. The Balaban J connectivity index is 1.72. The molecule has 26 heavy (non-hydrogen) atoms. The minimum atomic E-state index is -0.469. The molecule has 1 atom stereocenters. The number of aryl methyl sites for hydroxylation is 1. The number of hydrogen-bond donors (Lipinski definition) is 2. The van der Waals surface area contributed by atoms with E-state index in [1.165, 1.54) is 30.6 Å². The van der Waals surface area contributed by atoms with Gasteiger partial charge in [0.2, 0.25) is 5.56 Å². The standard InChI is InChI=1S/C18H18FN5O2/c1-2-24-17(20-9-21-24)16(10-3-4-10)23-18(26)13-8-15(25)22-14-6-5-11(19)7-12(13)14/h5-10,16H,2-4H2,1H3,(H,22,25)(H,23,26)/t16-/m1/s1. The van der Waals surface area contributed by atoms with E-state index >= 15 is 0 Å². The van der Waals surface area contributed by atoms with Crippen molar-refractivity contribution in [1.82, 2.24) is 25.1 Å². The molecule has 4 rings (SSSR count). The van der Waals surface area contributed by atoms with Crippen LogP contribution in [0.25, 0.3) is 10.9 Å². The third kappa shape index (κ3) is 2.98. The molecule has 1 aliphatic rings. The number of nitrogens with zero attached hydrogens (tertiary/aromatic N) is 3. The lowest BCUT2D eigenvalue weighted by atomic mass is 10.1. The second-order valence-electron chi connectivity index (χ2n) is 6.46. The van der Waals surface area contributed by atoms with E-state index in [9.17, 15) is 14.0 Å². The minimum absolute atomic E-state index is 0.150. The predicted octanol–water partition coefficient (Wildman–Crippen LogP) is 2.16. The highest BCUT2D eigenvalue weighted by Crippen LogP contribution is 2.40. The number of halogens is 1. The summed E-state index contributed by atoms with van der Waals surface area (Å²) in [6.07, 6.45) is 3.46. The van der Waals surface area contributed by atoms with Crippen LogP contribution in [0, 0.1) is 11.7 Å². The summed E-state index contributed by atoms with van der Waals surface area (Å²) < 4.78 is 15.4. The Morgan fingerprint density at radius 1 is 1.42 bits per heavy atom. The maximum Gasteiger partial charge on any atom is 0.252 e. The van der Waals surface area contributed by atoms with Gasteiger partial charge in [0.05, 0.1) is 11.6 Å². The van der Waals surface area contributed by atoms with E-state index in [2.05, 4.69) is 20.4 Å². The van der Waals surface area contributed by atoms with Crippen LogP contribution in [0.2, 0.25) is 0 Å². The highest BCUT2D eigenvalue weighted by atomic mass is 19.1. The van der Waals surface area contributed by atoms with Crippen LogP contribution < -0.4 is 10.9 Å². The van der Waals surface area contributed by atoms with Crippen molar-refractivity contribution >= 4 is 16.8 Å². The van der Waals surface area contributed by atoms with Crippen molar-refractivity contribution in [3.8, 4) is 0 Å². The van der Waals surface area contributed by atoms with E-state index < -0.39 is 17.3 Å². The highest BCUT2D eigenvalue weighted by molar-refractivity contribution is 6.06. The van der Waals surface area contributed by atoms with Gasteiger partial charge in [0.1, 0.15) is 18.0 Å².